The van der Waals surface area contributed by atoms with Gasteiger partial charge >= 0.3 is 5.97 Å². The molecule has 3 rings (SSSR count). The van der Waals surface area contributed by atoms with Gasteiger partial charge in [0.2, 0.25) is 0 Å². The minimum atomic E-state index is -1.02. The van der Waals surface area contributed by atoms with Crippen LogP contribution in [0, 0.1) is 13.8 Å². The Hall–Kier alpha value is -2.18. The van der Waals surface area contributed by atoms with Gasteiger partial charge in [0.25, 0.3) is 0 Å². The first-order valence-electron chi connectivity index (χ1n) is 6.16. The van der Waals surface area contributed by atoms with E-state index in [0.717, 1.165) is 29.9 Å². The zero-order valence-corrected chi connectivity index (χ0v) is 10.8. The second-order valence-corrected chi connectivity index (χ2v) is 4.86. The zero-order chi connectivity index (χ0) is 13.6. The maximum atomic E-state index is 11.2. The van der Waals surface area contributed by atoms with Crippen molar-refractivity contribution in [2.24, 2.45) is 0 Å². The van der Waals surface area contributed by atoms with Crippen LogP contribution in [0.2, 0.25) is 0 Å². The Balaban J connectivity index is 1.99. The van der Waals surface area contributed by atoms with Gasteiger partial charge in [-0.1, -0.05) is 10.4 Å². The Morgan fingerprint density at radius 3 is 2.74 bits per heavy atom. The number of carboxylic acid groups (broad SMARTS) is 1. The van der Waals surface area contributed by atoms with Crippen LogP contribution < -0.4 is 0 Å². The largest absolute Gasteiger partial charge is 0.476 e. The first kappa shape index (κ1) is 11.9. The number of nitrogens with zero attached hydrogens (tertiary/aromatic N) is 4. The Labute approximate surface area is 109 Å². The van der Waals surface area contributed by atoms with E-state index in [-0.39, 0.29) is 11.6 Å². The SMILES string of the molecule is Cc1noc(C)c1Cn1nnc(C(=O)O)c1C1CC1. The molecule has 19 heavy (non-hydrogen) atoms. The molecule has 7 heteroatoms. The summed E-state index contributed by atoms with van der Waals surface area (Å²) in [4.78, 5) is 11.2. The average molecular weight is 262 g/mol. The predicted octanol–water partition coefficient (Wildman–Crippen LogP) is 1.51. The fraction of sp³-hybridized carbons (Fsp3) is 0.500. The molecule has 1 fully saturated rings. The second-order valence-electron chi connectivity index (χ2n) is 4.86. The molecule has 2 aromatic rings. The average Bonchev–Trinajstić information content (AvgIpc) is 3.05. The smallest absolute Gasteiger partial charge is 0.358 e. The fourth-order valence-corrected chi connectivity index (χ4v) is 2.23. The van der Waals surface area contributed by atoms with Gasteiger partial charge in [-0.3, -0.25) is 0 Å². The molecule has 0 amide bonds. The highest BCUT2D eigenvalue weighted by atomic mass is 16.5. The molecular formula is C12H14N4O3. The van der Waals surface area contributed by atoms with Gasteiger partial charge in [0.15, 0.2) is 5.69 Å². The first-order chi connectivity index (χ1) is 9.08. The summed E-state index contributed by atoms with van der Waals surface area (Å²) >= 11 is 0. The minimum Gasteiger partial charge on any atom is -0.476 e. The number of hydrogen-bond donors (Lipinski definition) is 1. The van der Waals surface area contributed by atoms with Crippen LogP contribution in [0.3, 0.4) is 0 Å². The predicted molar refractivity (Wildman–Crippen MR) is 64.0 cm³/mol. The minimum absolute atomic E-state index is 0.0641. The highest BCUT2D eigenvalue weighted by molar-refractivity contribution is 5.86. The third kappa shape index (κ3) is 2.00. The molecule has 0 spiro atoms. The third-order valence-electron chi connectivity index (χ3n) is 3.43. The Morgan fingerprint density at radius 2 is 2.21 bits per heavy atom. The van der Waals surface area contributed by atoms with E-state index in [4.69, 9.17) is 9.63 Å². The van der Waals surface area contributed by atoms with Gasteiger partial charge < -0.3 is 9.63 Å². The van der Waals surface area contributed by atoms with Gasteiger partial charge in [0.1, 0.15) is 5.76 Å². The summed E-state index contributed by atoms with van der Waals surface area (Å²) < 4.78 is 6.77. The molecule has 0 unspecified atom stereocenters. The second kappa shape index (κ2) is 4.18. The maximum Gasteiger partial charge on any atom is 0.358 e. The number of aromatic carboxylic acids is 1. The number of aryl methyl sites for hydroxylation is 2. The number of carbonyl (C=O) groups is 1. The van der Waals surface area contributed by atoms with Crippen LogP contribution in [0.4, 0.5) is 0 Å². The molecule has 0 aromatic carbocycles. The molecule has 0 aliphatic heterocycles. The van der Waals surface area contributed by atoms with E-state index in [1.54, 1.807) is 4.68 Å². The summed E-state index contributed by atoms with van der Waals surface area (Å²) in [5.41, 5.74) is 2.51. The molecule has 0 radical (unpaired) electrons. The van der Waals surface area contributed by atoms with E-state index in [1.807, 2.05) is 13.8 Å². The maximum absolute atomic E-state index is 11.2. The van der Waals surface area contributed by atoms with Crippen LogP contribution in [0.5, 0.6) is 0 Å². The van der Waals surface area contributed by atoms with E-state index in [2.05, 4.69) is 15.5 Å². The molecule has 100 valence electrons. The molecular weight excluding hydrogens is 248 g/mol. The summed E-state index contributed by atoms with van der Waals surface area (Å²) in [6.07, 6.45) is 1.99. The molecule has 0 bridgehead atoms. The first-order valence-corrected chi connectivity index (χ1v) is 6.16. The van der Waals surface area contributed by atoms with Gasteiger partial charge in [0, 0.05) is 11.5 Å². The van der Waals surface area contributed by atoms with Gasteiger partial charge in [-0.25, -0.2) is 9.48 Å². The van der Waals surface area contributed by atoms with Crippen LogP contribution >= 0.6 is 0 Å². The zero-order valence-electron chi connectivity index (χ0n) is 10.8. The standard InChI is InChI=1S/C12H14N4O3/c1-6-9(7(2)19-14-6)5-16-11(8-3-4-8)10(12(17)18)13-15-16/h8H,3-5H2,1-2H3,(H,17,18). The molecule has 7 nitrogen and oxygen atoms in total. The number of aromatic nitrogens is 4. The summed E-state index contributed by atoms with van der Waals surface area (Å²) in [7, 11) is 0. The summed E-state index contributed by atoms with van der Waals surface area (Å²) in [6.45, 7) is 4.14. The van der Waals surface area contributed by atoms with Crippen molar-refractivity contribution in [3.8, 4) is 0 Å². The van der Waals surface area contributed by atoms with E-state index in [1.165, 1.54) is 0 Å². The van der Waals surface area contributed by atoms with Crippen LogP contribution in [0.1, 0.15) is 52.0 Å². The third-order valence-corrected chi connectivity index (χ3v) is 3.43. The van der Waals surface area contributed by atoms with Crippen molar-refractivity contribution in [1.29, 1.82) is 0 Å². The van der Waals surface area contributed by atoms with Gasteiger partial charge in [-0.15, -0.1) is 5.10 Å². The Morgan fingerprint density at radius 1 is 1.47 bits per heavy atom. The topological polar surface area (TPSA) is 94.0 Å². The summed E-state index contributed by atoms with van der Waals surface area (Å²) in [5.74, 6) is -0.0277. The summed E-state index contributed by atoms with van der Waals surface area (Å²) in [6, 6.07) is 0. The van der Waals surface area contributed by atoms with Crippen molar-refractivity contribution in [3.63, 3.8) is 0 Å². The quantitative estimate of drug-likeness (QED) is 0.897. The van der Waals surface area contributed by atoms with Crippen LogP contribution in [-0.4, -0.2) is 31.2 Å². The van der Waals surface area contributed by atoms with Crippen LogP contribution in [0.15, 0.2) is 4.52 Å². The number of carboxylic acids is 1. The van der Waals surface area contributed by atoms with Crippen molar-refractivity contribution in [2.75, 3.05) is 0 Å². The lowest BCUT2D eigenvalue weighted by Crippen LogP contribution is -2.09. The molecule has 1 N–H and O–H groups in total. The fourth-order valence-electron chi connectivity index (χ4n) is 2.23. The van der Waals surface area contributed by atoms with Crippen molar-refractivity contribution in [1.82, 2.24) is 20.2 Å². The number of rotatable bonds is 4. The van der Waals surface area contributed by atoms with E-state index >= 15 is 0 Å². The van der Waals surface area contributed by atoms with E-state index in [9.17, 15) is 4.79 Å². The van der Waals surface area contributed by atoms with Crippen molar-refractivity contribution >= 4 is 5.97 Å². The Bertz CT molecular complexity index is 620. The molecule has 0 saturated heterocycles. The van der Waals surface area contributed by atoms with E-state index < -0.39 is 5.97 Å². The highest BCUT2D eigenvalue weighted by Gasteiger charge is 2.34. The monoisotopic (exact) mass is 262 g/mol. The van der Waals surface area contributed by atoms with Crippen LogP contribution in [0.25, 0.3) is 0 Å². The molecule has 1 aliphatic rings. The normalized spacial score (nSPS) is 14.8. The van der Waals surface area contributed by atoms with Gasteiger partial charge in [-0.2, -0.15) is 0 Å². The Kier molecular flexibility index (Phi) is 2.62. The summed E-state index contributed by atoms with van der Waals surface area (Å²) in [5, 5.41) is 20.8. The molecule has 1 aliphatic carbocycles. The molecule has 2 heterocycles. The van der Waals surface area contributed by atoms with Gasteiger partial charge in [0.05, 0.1) is 17.9 Å². The van der Waals surface area contributed by atoms with Gasteiger partial charge in [-0.05, 0) is 26.7 Å². The molecule has 1 saturated carbocycles. The van der Waals surface area contributed by atoms with E-state index in [0.29, 0.717) is 12.2 Å². The highest BCUT2D eigenvalue weighted by Crippen LogP contribution is 2.41. The lowest BCUT2D eigenvalue weighted by molar-refractivity contribution is 0.0689. The molecule has 0 atom stereocenters. The van der Waals surface area contributed by atoms with Crippen molar-refractivity contribution in [2.45, 2.75) is 39.2 Å². The molecule has 2 aromatic heterocycles. The lowest BCUT2D eigenvalue weighted by Gasteiger charge is -2.05. The van der Waals surface area contributed by atoms with Crippen molar-refractivity contribution in [3.05, 3.63) is 28.4 Å². The lowest BCUT2D eigenvalue weighted by atomic mass is 10.2. The van der Waals surface area contributed by atoms with Crippen molar-refractivity contribution < 1.29 is 14.4 Å². The number of hydrogen-bond acceptors (Lipinski definition) is 5. The van der Waals surface area contributed by atoms with Crippen LogP contribution in [-0.2, 0) is 6.54 Å².